The van der Waals surface area contributed by atoms with Gasteiger partial charge < -0.3 is 15.0 Å². The number of nitrogens with zero attached hydrogens (tertiary/aromatic N) is 3. The Kier molecular flexibility index (Phi) is 5.40. The Hall–Kier alpha value is -1.20. The highest BCUT2D eigenvalue weighted by atomic mass is 16.5. The summed E-state index contributed by atoms with van der Waals surface area (Å²) in [4.78, 5) is 11.2. The Balaban J connectivity index is 1.49. The molecule has 1 saturated heterocycles. The zero-order chi connectivity index (χ0) is 14.3. The molecule has 0 spiro atoms. The van der Waals surface area contributed by atoms with Crippen LogP contribution in [-0.4, -0.2) is 42.3 Å². The monoisotopic (exact) mass is 290 g/mol. The number of morpholine rings is 1. The van der Waals surface area contributed by atoms with Crippen molar-refractivity contribution in [2.45, 2.75) is 51.1 Å². The van der Waals surface area contributed by atoms with E-state index < -0.39 is 0 Å². The zero-order valence-electron chi connectivity index (χ0n) is 12.8. The first-order chi connectivity index (χ1) is 10.4. The van der Waals surface area contributed by atoms with E-state index in [1.54, 1.807) is 0 Å². The van der Waals surface area contributed by atoms with Gasteiger partial charge in [-0.3, -0.25) is 0 Å². The van der Waals surface area contributed by atoms with Crippen molar-refractivity contribution in [3.8, 4) is 0 Å². The lowest BCUT2D eigenvalue weighted by Gasteiger charge is -2.26. The molecule has 0 atom stereocenters. The minimum absolute atomic E-state index is 0.673. The number of hydrogen-bond donors (Lipinski definition) is 1. The summed E-state index contributed by atoms with van der Waals surface area (Å²) in [7, 11) is 0. The number of ether oxygens (including phenoxy) is 1. The van der Waals surface area contributed by atoms with Gasteiger partial charge in [-0.2, -0.15) is 0 Å². The van der Waals surface area contributed by atoms with Gasteiger partial charge in [0.1, 0.15) is 0 Å². The molecule has 2 heterocycles. The van der Waals surface area contributed by atoms with Gasteiger partial charge in [0.25, 0.3) is 0 Å². The molecule has 0 aromatic carbocycles. The largest absolute Gasteiger partial charge is 0.378 e. The first-order valence-corrected chi connectivity index (χ1v) is 8.29. The van der Waals surface area contributed by atoms with Crippen LogP contribution in [0.25, 0.3) is 0 Å². The Labute approximate surface area is 127 Å². The van der Waals surface area contributed by atoms with Gasteiger partial charge in [0.15, 0.2) is 0 Å². The molecule has 0 radical (unpaired) electrons. The van der Waals surface area contributed by atoms with Crippen molar-refractivity contribution in [1.82, 2.24) is 15.3 Å². The molecule has 0 unspecified atom stereocenters. The van der Waals surface area contributed by atoms with E-state index in [0.29, 0.717) is 6.04 Å². The van der Waals surface area contributed by atoms with Crippen LogP contribution < -0.4 is 10.2 Å². The van der Waals surface area contributed by atoms with E-state index in [2.05, 4.69) is 20.2 Å². The highest BCUT2D eigenvalue weighted by Gasteiger charge is 2.14. The Morgan fingerprint density at radius 3 is 2.38 bits per heavy atom. The van der Waals surface area contributed by atoms with Gasteiger partial charge in [0.05, 0.1) is 13.2 Å². The third-order valence-electron chi connectivity index (χ3n) is 4.44. The molecule has 5 nitrogen and oxygen atoms in total. The molecule has 2 aliphatic rings. The van der Waals surface area contributed by atoms with Crippen LogP contribution in [0, 0.1) is 0 Å². The summed E-state index contributed by atoms with van der Waals surface area (Å²) >= 11 is 0. The van der Waals surface area contributed by atoms with Crippen molar-refractivity contribution in [1.29, 1.82) is 0 Å². The van der Waals surface area contributed by atoms with Crippen molar-refractivity contribution < 1.29 is 4.74 Å². The standard InChI is InChI=1S/C16H26N4O/c1-2-4-6-15(5-3-1)17-11-14-12-18-16(19-13-14)20-7-9-21-10-8-20/h12-13,15,17H,1-11H2. The third kappa shape index (κ3) is 4.38. The molecule has 0 amide bonds. The summed E-state index contributed by atoms with van der Waals surface area (Å²) in [6, 6.07) is 0.673. The van der Waals surface area contributed by atoms with Crippen molar-refractivity contribution >= 4 is 5.95 Å². The topological polar surface area (TPSA) is 50.3 Å². The van der Waals surface area contributed by atoms with E-state index >= 15 is 0 Å². The van der Waals surface area contributed by atoms with Gasteiger partial charge >= 0.3 is 0 Å². The first kappa shape index (κ1) is 14.7. The van der Waals surface area contributed by atoms with Crippen molar-refractivity contribution in [2.75, 3.05) is 31.2 Å². The summed E-state index contributed by atoms with van der Waals surface area (Å²) < 4.78 is 5.35. The van der Waals surface area contributed by atoms with Crippen LogP contribution >= 0.6 is 0 Å². The second-order valence-corrected chi connectivity index (χ2v) is 6.06. The third-order valence-corrected chi connectivity index (χ3v) is 4.44. The highest BCUT2D eigenvalue weighted by Crippen LogP contribution is 2.17. The molecular weight excluding hydrogens is 264 g/mol. The molecule has 5 heteroatoms. The van der Waals surface area contributed by atoms with Crippen LogP contribution in [0.1, 0.15) is 44.1 Å². The summed E-state index contributed by atoms with van der Waals surface area (Å²) in [6.45, 7) is 4.20. The molecule has 1 aromatic rings. The van der Waals surface area contributed by atoms with Gasteiger partial charge in [0, 0.05) is 43.6 Å². The Morgan fingerprint density at radius 2 is 1.71 bits per heavy atom. The normalized spacial score (nSPS) is 21.2. The van der Waals surface area contributed by atoms with Gasteiger partial charge in [0.2, 0.25) is 5.95 Å². The smallest absolute Gasteiger partial charge is 0.225 e. The predicted molar refractivity (Wildman–Crippen MR) is 83.4 cm³/mol. The van der Waals surface area contributed by atoms with Gasteiger partial charge in [-0.1, -0.05) is 25.7 Å². The van der Waals surface area contributed by atoms with Crippen LogP contribution in [0.4, 0.5) is 5.95 Å². The molecular formula is C16H26N4O. The Bertz CT molecular complexity index is 409. The molecule has 1 aliphatic carbocycles. The first-order valence-electron chi connectivity index (χ1n) is 8.29. The molecule has 0 bridgehead atoms. The summed E-state index contributed by atoms with van der Waals surface area (Å²) in [5, 5.41) is 3.66. The molecule has 1 N–H and O–H groups in total. The van der Waals surface area contributed by atoms with Crippen LogP contribution in [0.15, 0.2) is 12.4 Å². The van der Waals surface area contributed by atoms with E-state index in [1.165, 1.54) is 44.1 Å². The van der Waals surface area contributed by atoms with Crippen molar-refractivity contribution in [3.05, 3.63) is 18.0 Å². The fourth-order valence-electron chi connectivity index (χ4n) is 3.11. The zero-order valence-corrected chi connectivity index (χ0v) is 12.8. The summed E-state index contributed by atoms with van der Waals surface area (Å²) in [6.07, 6.45) is 12.1. The van der Waals surface area contributed by atoms with Crippen LogP contribution in [0.3, 0.4) is 0 Å². The number of hydrogen-bond acceptors (Lipinski definition) is 5. The molecule has 1 aromatic heterocycles. The maximum Gasteiger partial charge on any atom is 0.225 e. The second kappa shape index (κ2) is 7.71. The molecule has 21 heavy (non-hydrogen) atoms. The van der Waals surface area contributed by atoms with E-state index in [-0.39, 0.29) is 0 Å². The number of aromatic nitrogens is 2. The SMILES string of the molecule is c1nc(N2CCOCC2)ncc1CNC1CCCCCC1. The highest BCUT2D eigenvalue weighted by molar-refractivity contribution is 5.30. The number of rotatable bonds is 4. The summed E-state index contributed by atoms with van der Waals surface area (Å²) in [5.41, 5.74) is 1.18. The van der Waals surface area contributed by atoms with Crippen LogP contribution in [0.5, 0.6) is 0 Å². The molecule has 2 fully saturated rings. The number of nitrogens with one attached hydrogen (secondary N) is 1. The number of anilines is 1. The van der Waals surface area contributed by atoms with E-state index in [1.807, 2.05) is 12.4 Å². The average molecular weight is 290 g/mol. The quantitative estimate of drug-likeness (QED) is 0.861. The van der Waals surface area contributed by atoms with Crippen molar-refractivity contribution in [2.24, 2.45) is 0 Å². The van der Waals surface area contributed by atoms with Crippen molar-refractivity contribution in [3.63, 3.8) is 0 Å². The maximum absolute atomic E-state index is 5.35. The van der Waals surface area contributed by atoms with E-state index in [4.69, 9.17) is 4.74 Å². The molecule has 3 rings (SSSR count). The predicted octanol–water partition coefficient (Wildman–Crippen LogP) is 2.13. The lowest BCUT2D eigenvalue weighted by molar-refractivity contribution is 0.122. The van der Waals surface area contributed by atoms with E-state index in [9.17, 15) is 0 Å². The van der Waals surface area contributed by atoms with Gasteiger partial charge in [-0.15, -0.1) is 0 Å². The second-order valence-electron chi connectivity index (χ2n) is 6.06. The Morgan fingerprint density at radius 1 is 1.05 bits per heavy atom. The molecule has 1 aliphatic heterocycles. The van der Waals surface area contributed by atoms with Gasteiger partial charge in [-0.25, -0.2) is 9.97 Å². The van der Waals surface area contributed by atoms with Crippen LogP contribution in [-0.2, 0) is 11.3 Å². The fraction of sp³-hybridized carbons (Fsp3) is 0.750. The summed E-state index contributed by atoms with van der Waals surface area (Å²) in [5.74, 6) is 0.830. The lowest BCUT2D eigenvalue weighted by Crippen LogP contribution is -2.37. The fourth-order valence-corrected chi connectivity index (χ4v) is 3.11. The molecule has 116 valence electrons. The maximum atomic E-state index is 5.35. The molecule has 1 saturated carbocycles. The van der Waals surface area contributed by atoms with Crippen LogP contribution in [0.2, 0.25) is 0 Å². The van der Waals surface area contributed by atoms with E-state index in [0.717, 1.165) is 38.8 Å². The minimum Gasteiger partial charge on any atom is -0.378 e. The van der Waals surface area contributed by atoms with Gasteiger partial charge in [-0.05, 0) is 12.8 Å². The minimum atomic E-state index is 0.673. The average Bonchev–Trinajstić information content (AvgIpc) is 2.83. The lowest BCUT2D eigenvalue weighted by atomic mass is 10.1.